The first-order valence-electron chi connectivity index (χ1n) is 6.75. The summed E-state index contributed by atoms with van der Waals surface area (Å²) in [6.45, 7) is 4.01. The van der Waals surface area contributed by atoms with E-state index >= 15 is 0 Å². The maximum Gasteiger partial charge on any atom is 0.287 e. The van der Waals surface area contributed by atoms with Crippen molar-refractivity contribution in [3.63, 3.8) is 0 Å². The van der Waals surface area contributed by atoms with Crippen molar-refractivity contribution in [2.24, 2.45) is 0 Å². The molecule has 7 heteroatoms. The van der Waals surface area contributed by atoms with Crippen molar-refractivity contribution >= 4 is 11.6 Å². The highest BCUT2D eigenvalue weighted by molar-refractivity contribution is 5.93. The van der Waals surface area contributed by atoms with Crippen LogP contribution in [-0.2, 0) is 6.54 Å². The molecule has 0 aliphatic heterocycles. The van der Waals surface area contributed by atoms with Gasteiger partial charge in [0.05, 0.1) is 11.1 Å². The average molecular weight is 282 g/mol. The summed E-state index contributed by atoms with van der Waals surface area (Å²) in [5.74, 6) is -0.178. The molecule has 0 aromatic carbocycles. The van der Waals surface area contributed by atoms with Crippen LogP contribution in [0.5, 0.6) is 0 Å². The van der Waals surface area contributed by atoms with Crippen molar-refractivity contribution in [2.45, 2.75) is 26.3 Å². The summed E-state index contributed by atoms with van der Waals surface area (Å²) in [5.41, 5.74) is 0.343. The summed E-state index contributed by atoms with van der Waals surface area (Å²) >= 11 is 0. The molecule has 1 N–H and O–H groups in total. The Balaban J connectivity index is 2.86. The molecule has 1 heterocycles. The Hall–Kier alpha value is -1.89. The highest BCUT2D eigenvalue weighted by atomic mass is 16.6. The van der Waals surface area contributed by atoms with E-state index in [9.17, 15) is 14.9 Å². The highest BCUT2D eigenvalue weighted by Crippen LogP contribution is 2.18. The monoisotopic (exact) mass is 282 g/mol. The molecular weight excluding hydrogens is 260 g/mol. The van der Waals surface area contributed by atoms with Gasteiger partial charge in [-0.25, -0.2) is 0 Å². The lowest BCUT2D eigenvalue weighted by Gasteiger charge is -2.17. The van der Waals surface area contributed by atoms with Crippen LogP contribution in [0.25, 0.3) is 0 Å². The number of nitrogens with one attached hydrogen (secondary N) is 1. The number of hydrogen-bond acceptors (Lipinski definition) is 4. The van der Waals surface area contributed by atoms with E-state index in [1.54, 1.807) is 16.5 Å². The average Bonchev–Trinajstić information content (AvgIpc) is 2.82. The standard InChI is InChI=1S/C13H22N4O3/c1-4-7-16-10-11(17(19)20)9-12(16)13(18)15(3)8-5-6-14-2/h9-10,14H,4-8H2,1-3H3. The second kappa shape index (κ2) is 7.64. The first kappa shape index (κ1) is 16.2. The number of carbonyl (C=O) groups is 1. The molecule has 1 aromatic rings. The Morgan fingerprint density at radius 1 is 1.55 bits per heavy atom. The molecule has 1 rings (SSSR count). The van der Waals surface area contributed by atoms with Gasteiger partial charge < -0.3 is 14.8 Å². The Morgan fingerprint density at radius 3 is 2.80 bits per heavy atom. The summed E-state index contributed by atoms with van der Waals surface area (Å²) in [4.78, 5) is 24.3. The van der Waals surface area contributed by atoms with Gasteiger partial charge in [-0.2, -0.15) is 0 Å². The lowest BCUT2D eigenvalue weighted by molar-refractivity contribution is -0.384. The quantitative estimate of drug-likeness (QED) is 0.445. The van der Waals surface area contributed by atoms with Gasteiger partial charge in [0.2, 0.25) is 0 Å². The molecule has 112 valence electrons. The molecule has 20 heavy (non-hydrogen) atoms. The van der Waals surface area contributed by atoms with Crippen molar-refractivity contribution < 1.29 is 9.72 Å². The summed E-state index contributed by atoms with van der Waals surface area (Å²) in [6, 6.07) is 1.35. The normalized spacial score (nSPS) is 10.6. The molecule has 1 amide bonds. The second-order valence-corrected chi connectivity index (χ2v) is 4.72. The van der Waals surface area contributed by atoms with E-state index in [-0.39, 0.29) is 11.6 Å². The van der Waals surface area contributed by atoms with Gasteiger partial charge >= 0.3 is 0 Å². The van der Waals surface area contributed by atoms with Crippen LogP contribution >= 0.6 is 0 Å². The van der Waals surface area contributed by atoms with E-state index < -0.39 is 4.92 Å². The zero-order valence-corrected chi connectivity index (χ0v) is 12.3. The molecule has 1 aromatic heterocycles. The van der Waals surface area contributed by atoms with Gasteiger partial charge in [0, 0.05) is 26.2 Å². The molecular formula is C13H22N4O3. The molecule has 0 aliphatic rings. The molecule has 0 atom stereocenters. The van der Waals surface area contributed by atoms with E-state index in [1.807, 2.05) is 14.0 Å². The third-order valence-corrected chi connectivity index (χ3v) is 3.04. The largest absolute Gasteiger partial charge is 0.340 e. The van der Waals surface area contributed by atoms with E-state index in [1.165, 1.54) is 12.3 Å². The topological polar surface area (TPSA) is 80.4 Å². The second-order valence-electron chi connectivity index (χ2n) is 4.72. The Bertz CT molecular complexity index is 470. The molecule has 0 spiro atoms. The minimum absolute atomic E-state index is 0.0366. The number of aromatic nitrogens is 1. The van der Waals surface area contributed by atoms with E-state index in [2.05, 4.69) is 5.32 Å². The fourth-order valence-electron chi connectivity index (χ4n) is 1.99. The number of aryl methyl sites for hydroxylation is 1. The Morgan fingerprint density at radius 2 is 2.25 bits per heavy atom. The number of amides is 1. The van der Waals surface area contributed by atoms with E-state index in [0.29, 0.717) is 18.8 Å². The number of nitro groups is 1. The summed E-state index contributed by atoms with van der Waals surface area (Å²) in [5, 5.41) is 13.9. The van der Waals surface area contributed by atoms with Crippen molar-refractivity contribution in [2.75, 3.05) is 27.2 Å². The number of rotatable bonds is 8. The molecule has 7 nitrogen and oxygen atoms in total. The van der Waals surface area contributed by atoms with Crippen LogP contribution in [0.2, 0.25) is 0 Å². The molecule has 0 unspecified atom stereocenters. The van der Waals surface area contributed by atoms with E-state index in [4.69, 9.17) is 0 Å². The van der Waals surface area contributed by atoms with Gasteiger partial charge in [-0.05, 0) is 26.4 Å². The maximum absolute atomic E-state index is 12.3. The van der Waals surface area contributed by atoms with Crippen LogP contribution in [0.4, 0.5) is 5.69 Å². The summed E-state index contributed by atoms with van der Waals surface area (Å²) in [6.07, 6.45) is 3.09. The number of hydrogen-bond donors (Lipinski definition) is 1. The fourth-order valence-corrected chi connectivity index (χ4v) is 1.99. The predicted molar refractivity (Wildman–Crippen MR) is 76.9 cm³/mol. The molecule has 0 bridgehead atoms. The summed E-state index contributed by atoms with van der Waals surface area (Å²) < 4.78 is 1.66. The first-order chi connectivity index (χ1) is 9.51. The molecule has 0 fully saturated rings. The Kier molecular flexibility index (Phi) is 6.17. The molecule has 0 saturated heterocycles. The first-order valence-corrected chi connectivity index (χ1v) is 6.75. The van der Waals surface area contributed by atoms with Crippen LogP contribution in [0.1, 0.15) is 30.3 Å². The lowest BCUT2D eigenvalue weighted by Crippen LogP contribution is -2.31. The number of nitrogens with zero attached hydrogens (tertiary/aromatic N) is 3. The van der Waals surface area contributed by atoms with Crippen molar-refractivity contribution in [1.82, 2.24) is 14.8 Å². The smallest absolute Gasteiger partial charge is 0.287 e. The maximum atomic E-state index is 12.3. The fraction of sp³-hybridized carbons (Fsp3) is 0.615. The van der Waals surface area contributed by atoms with Gasteiger partial charge in [-0.1, -0.05) is 6.92 Å². The molecule has 0 aliphatic carbocycles. The van der Waals surface area contributed by atoms with Crippen LogP contribution < -0.4 is 5.32 Å². The third-order valence-electron chi connectivity index (χ3n) is 3.04. The number of carbonyl (C=O) groups excluding carboxylic acids is 1. The summed E-state index contributed by atoms with van der Waals surface area (Å²) in [7, 11) is 3.57. The van der Waals surface area contributed by atoms with Gasteiger partial charge in [-0.15, -0.1) is 0 Å². The van der Waals surface area contributed by atoms with Gasteiger partial charge in [0.15, 0.2) is 0 Å². The Labute approximate surface area is 118 Å². The lowest BCUT2D eigenvalue weighted by atomic mass is 10.3. The van der Waals surface area contributed by atoms with Crippen molar-refractivity contribution in [1.29, 1.82) is 0 Å². The van der Waals surface area contributed by atoms with Gasteiger partial charge in [0.25, 0.3) is 11.6 Å². The van der Waals surface area contributed by atoms with Crippen LogP contribution in [0.15, 0.2) is 12.3 Å². The van der Waals surface area contributed by atoms with Crippen molar-refractivity contribution in [3.8, 4) is 0 Å². The van der Waals surface area contributed by atoms with Crippen LogP contribution in [-0.4, -0.2) is 47.5 Å². The third kappa shape index (κ3) is 4.06. The zero-order chi connectivity index (χ0) is 15.1. The van der Waals surface area contributed by atoms with Crippen LogP contribution in [0, 0.1) is 10.1 Å². The minimum Gasteiger partial charge on any atom is -0.340 e. The predicted octanol–water partition coefficient (Wildman–Crippen LogP) is 1.49. The SMILES string of the molecule is CCCn1cc([N+](=O)[O-])cc1C(=O)N(C)CCCNC. The van der Waals surface area contributed by atoms with Gasteiger partial charge in [0.1, 0.15) is 5.69 Å². The minimum atomic E-state index is -0.468. The van der Waals surface area contributed by atoms with Gasteiger partial charge in [-0.3, -0.25) is 14.9 Å². The van der Waals surface area contributed by atoms with Crippen LogP contribution in [0.3, 0.4) is 0 Å². The van der Waals surface area contributed by atoms with Crippen molar-refractivity contribution in [3.05, 3.63) is 28.1 Å². The molecule has 0 radical (unpaired) electrons. The zero-order valence-electron chi connectivity index (χ0n) is 12.3. The van der Waals surface area contributed by atoms with E-state index in [0.717, 1.165) is 19.4 Å². The molecule has 0 saturated carbocycles. The highest BCUT2D eigenvalue weighted by Gasteiger charge is 2.21.